The number of halogens is 1. The second-order valence-electron chi connectivity index (χ2n) is 11.5. The highest BCUT2D eigenvalue weighted by atomic mass is 35.5. The molecule has 0 atom stereocenters. The fourth-order valence-electron chi connectivity index (χ4n) is 4.81. The zero-order valence-electron chi connectivity index (χ0n) is 25.9. The summed E-state index contributed by atoms with van der Waals surface area (Å²) >= 11 is 6.44. The van der Waals surface area contributed by atoms with Crippen molar-refractivity contribution in [2.45, 2.75) is 57.0 Å². The molecule has 0 saturated carbocycles. The predicted molar refractivity (Wildman–Crippen MR) is 175 cm³/mol. The molecule has 44 heavy (non-hydrogen) atoms. The second kappa shape index (κ2) is 14.7. The van der Waals surface area contributed by atoms with Gasteiger partial charge in [0.25, 0.3) is 0 Å². The van der Waals surface area contributed by atoms with Gasteiger partial charge in [-0.05, 0) is 64.9 Å². The van der Waals surface area contributed by atoms with E-state index < -0.39 is 21.0 Å². The Morgan fingerprint density at radius 3 is 2.41 bits per heavy atom. The largest absolute Gasteiger partial charge is 0.374 e. The summed E-state index contributed by atoms with van der Waals surface area (Å²) < 4.78 is 31.9. The maximum absolute atomic E-state index is 13.0. The molecule has 238 valence electrons. The number of sulfone groups is 1. The summed E-state index contributed by atoms with van der Waals surface area (Å²) in [6, 6.07) is 10.3. The van der Waals surface area contributed by atoms with Crippen molar-refractivity contribution in [2.24, 2.45) is 5.73 Å². The van der Waals surface area contributed by atoms with Crippen LogP contribution in [0.25, 0.3) is 0 Å². The third kappa shape index (κ3) is 8.45. The van der Waals surface area contributed by atoms with E-state index in [1.807, 2.05) is 19.9 Å². The lowest BCUT2D eigenvalue weighted by molar-refractivity contribution is 0.0659. The molecule has 1 amide bonds. The highest BCUT2D eigenvalue weighted by molar-refractivity contribution is 7.92. The fourth-order valence-corrected chi connectivity index (χ4v) is 6.15. The molecule has 2 heterocycles. The lowest BCUT2D eigenvalue weighted by Gasteiger charge is -2.32. The van der Waals surface area contributed by atoms with Crippen molar-refractivity contribution >= 4 is 50.5 Å². The van der Waals surface area contributed by atoms with E-state index in [9.17, 15) is 13.2 Å². The first-order chi connectivity index (χ1) is 20.8. The molecule has 0 unspecified atom stereocenters. The number of nitrogens with two attached hydrogens (primary N) is 1. The van der Waals surface area contributed by atoms with Crippen LogP contribution in [0.5, 0.6) is 0 Å². The molecule has 2 aromatic carbocycles. The van der Waals surface area contributed by atoms with Gasteiger partial charge < -0.3 is 30.9 Å². The molecule has 1 saturated heterocycles. The Morgan fingerprint density at radius 1 is 1.05 bits per heavy atom. The van der Waals surface area contributed by atoms with Gasteiger partial charge in [0.1, 0.15) is 5.02 Å². The number of ether oxygens (including phenoxy) is 1. The Balaban J connectivity index is 1.64. The van der Waals surface area contributed by atoms with Crippen LogP contribution in [0.2, 0.25) is 5.02 Å². The van der Waals surface area contributed by atoms with E-state index in [1.54, 1.807) is 44.2 Å². The lowest BCUT2D eigenvalue weighted by atomic mass is 9.98. The van der Waals surface area contributed by atoms with Crippen molar-refractivity contribution in [1.29, 1.82) is 0 Å². The minimum atomic E-state index is -3.58. The van der Waals surface area contributed by atoms with Crippen LogP contribution >= 0.6 is 11.6 Å². The minimum Gasteiger partial charge on any atom is -0.374 e. The quantitative estimate of drug-likeness (QED) is 0.242. The molecule has 0 aliphatic carbocycles. The molecular weight excluding hydrogens is 602 g/mol. The Labute approximate surface area is 265 Å². The van der Waals surface area contributed by atoms with E-state index in [4.69, 9.17) is 22.1 Å². The van der Waals surface area contributed by atoms with Crippen LogP contribution in [0.1, 0.15) is 49.2 Å². The topological polar surface area (TPSA) is 143 Å². The van der Waals surface area contributed by atoms with E-state index in [2.05, 4.69) is 37.4 Å². The molecule has 4 rings (SSSR count). The SMILES string of the molecule is CC(C)OCc1cc(CCN2CCN(C)CC2)c(C(N)=O)cc1Nc1ncc(Cl)c(Nc2ccccc2S(=O)(=O)C(C)C)n1. The van der Waals surface area contributed by atoms with E-state index in [-0.39, 0.29) is 27.8 Å². The third-order valence-corrected chi connectivity index (χ3v) is 10.0. The zero-order valence-corrected chi connectivity index (χ0v) is 27.5. The Morgan fingerprint density at radius 2 is 1.75 bits per heavy atom. The first-order valence-electron chi connectivity index (χ1n) is 14.7. The maximum atomic E-state index is 13.0. The Bertz CT molecular complexity index is 1580. The van der Waals surface area contributed by atoms with Crippen molar-refractivity contribution in [3.63, 3.8) is 0 Å². The monoisotopic (exact) mass is 643 g/mol. The van der Waals surface area contributed by atoms with E-state index in [0.717, 1.165) is 43.9 Å². The zero-order chi connectivity index (χ0) is 32.0. The minimum absolute atomic E-state index is 0.0165. The van der Waals surface area contributed by atoms with Crippen molar-refractivity contribution < 1.29 is 17.9 Å². The smallest absolute Gasteiger partial charge is 0.249 e. The van der Waals surface area contributed by atoms with Crippen LogP contribution in [0.3, 0.4) is 0 Å². The normalized spacial score (nSPS) is 14.7. The molecule has 1 aliphatic rings. The molecule has 4 N–H and O–H groups in total. The van der Waals surface area contributed by atoms with Gasteiger partial charge in [0.15, 0.2) is 15.7 Å². The number of nitrogens with one attached hydrogen (secondary N) is 2. The van der Waals surface area contributed by atoms with Crippen LogP contribution in [-0.4, -0.2) is 85.2 Å². The number of para-hydroxylation sites is 1. The van der Waals surface area contributed by atoms with E-state index >= 15 is 0 Å². The van der Waals surface area contributed by atoms with E-state index in [0.29, 0.717) is 30.0 Å². The van der Waals surface area contributed by atoms with Crippen molar-refractivity contribution in [3.8, 4) is 0 Å². The number of amides is 1. The number of aromatic nitrogens is 2. The van der Waals surface area contributed by atoms with Gasteiger partial charge in [0.05, 0.1) is 34.7 Å². The number of nitrogens with zero attached hydrogens (tertiary/aromatic N) is 4. The molecule has 1 fully saturated rings. The number of rotatable bonds is 13. The van der Waals surface area contributed by atoms with Gasteiger partial charge in [-0.15, -0.1) is 0 Å². The van der Waals surface area contributed by atoms with Crippen LogP contribution in [0.15, 0.2) is 47.5 Å². The average Bonchev–Trinajstić information content (AvgIpc) is 2.98. The summed E-state index contributed by atoms with van der Waals surface area (Å²) in [6.45, 7) is 12.2. The molecule has 11 nitrogen and oxygen atoms in total. The Hall–Kier alpha value is -3.29. The number of benzene rings is 2. The number of likely N-dealkylation sites (N-methyl/N-ethyl adjacent to an activating group) is 1. The van der Waals surface area contributed by atoms with Crippen molar-refractivity contribution in [2.75, 3.05) is 50.4 Å². The van der Waals surface area contributed by atoms with Gasteiger partial charge in [-0.25, -0.2) is 13.4 Å². The number of carbonyl (C=O) groups is 1. The lowest BCUT2D eigenvalue weighted by Crippen LogP contribution is -2.45. The third-order valence-electron chi connectivity index (χ3n) is 7.52. The van der Waals surface area contributed by atoms with Gasteiger partial charge in [-0.1, -0.05) is 29.8 Å². The number of hydrogen-bond acceptors (Lipinski definition) is 10. The standard InChI is InChI=1S/C31H42ClN7O4S/c1-20(2)43-19-23-16-22(10-11-39-14-12-38(5)13-15-39)24(29(33)40)17-27(23)36-31-34-18-25(32)30(37-31)35-26-8-6-7-9-28(26)44(41,42)21(3)4/h6-9,16-18,20-21H,10-15,19H2,1-5H3,(H2,33,40)(H2,34,35,36,37). The molecular formula is C31H42ClN7O4S. The highest BCUT2D eigenvalue weighted by Crippen LogP contribution is 2.32. The van der Waals surface area contributed by atoms with Gasteiger partial charge in [0.2, 0.25) is 11.9 Å². The van der Waals surface area contributed by atoms with E-state index in [1.165, 1.54) is 6.20 Å². The van der Waals surface area contributed by atoms with Gasteiger partial charge in [0, 0.05) is 49.5 Å². The van der Waals surface area contributed by atoms with Crippen molar-refractivity contribution in [3.05, 3.63) is 64.3 Å². The number of primary amides is 1. The summed E-state index contributed by atoms with van der Waals surface area (Å²) in [5.74, 6) is -0.123. The number of piperazine rings is 1. The molecule has 1 aromatic heterocycles. The number of carbonyl (C=O) groups excluding carboxylic acids is 1. The molecule has 0 radical (unpaired) electrons. The summed E-state index contributed by atoms with van der Waals surface area (Å²) in [5, 5.41) is 5.86. The number of anilines is 4. The van der Waals surface area contributed by atoms with Crippen LogP contribution in [0, 0.1) is 0 Å². The molecule has 0 bridgehead atoms. The summed E-state index contributed by atoms with van der Waals surface area (Å²) in [6.07, 6.45) is 2.07. The molecule has 13 heteroatoms. The fraction of sp³-hybridized carbons (Fsp3) is 0.452. The summed E-state index contributed by atoms with van der Waals surface area (Å²) in [5.41, 5.74) is 8.85. The molecule has 1 aliphatic heterocycles. The molecule has 0 spiro atoms. The average molecular weight is 644 g/mol. The van der Waals surface area contributed by atoms with Crippen LogP contribution < -0.4 is 16.4 Å². The maximum Gasteiger partial charge on any atom is 0.249 e. The van der Waals surface area contributed by atoms with Gasteiger partial charge in [-0.2, -0.15) is 4.98 Å². The predicted octanol–water partition coefficient (Wildman–Crippen LogP) is 4.61. The highest BCUT2D eigenvalue weighted by Gasteiger charge is 2.23. The number of hydrogen-bond donors (Lipinski definition) is 3. The van der Waals surface area contributed by atoms with Gasteiger partial charge in [-0.3, -0.25) is 4.79 Å². The Kier molecular flexibility index (Phi) is 11.2. The van der Waals surface area contributed by atoms with Gasteiger partial charge >= 0.3 is 0 Å². The summed E-state index contributed by atoms with van der Waals surface area (Å²) in [4.78, 5) is 26.3. The first kappa shape index (κ1) is 33.6. The van der Waals surface area contributed by atoms with Crippen LogP contribution in [0.4, 0.5) is 23.1 Å². The molecule has 3 aromatic rings. The second-order valence-corrected chi connectivity index (χ2v) is 14.4. The van der Waals surface area contributed by atoms with Crippen LogP contribution in [-0.2, 0) is 27.6 Å². The van der Waals surface area contributed by atoms with Crippen molar-refractivity contribution in [1.82, 2.24) is 19.8 Å². The summed E-state index contributed by atoms with van der Waals surface area (Å²) in [7, 11) is -1.46. The first-order valence-corrected chi connectivity index (χ1v) is 16.6.